The predicted octanol–water partition coefficient (Wildman–Crippen LogP) is 2.81. The summed E-state index contributed by atoms with van der Waals surface area (Å²) >= 11 is 7.25. The zero-order chi connectivity index (χ0) is 11.1. The van der Waals surface area contributed by atoms with Crippen molar-refractivity contribution in [2.24, 2.45) is 5.92 Å². The lowest BCUT2D eigenvalue weighted by molar-refractivity contribution is 0.165. The zero-order valence-electron chi connectivity index (χ0n) is 9.33. The second-order valence-electron chi connectivity index (χ2n) is 4.95. The van der Waals surface area contributed by atoms with Gasteiger partial charge in [0.1, 0.15) is 5.01 Å². The largest absolute Gasteiger partial charge is 0.291 e. The molecule has 0 bridgehead atoms. The molecule has 3 nitrogen and oxygen atoms in total. The number of aromatic nitrogens is 2. The highest BCUT2D eigenvalue weighted by molar-refractivity contribution is 7.15. The van der Waals surface area contributed by atoms with Gasteiger partial charge in [-0.1, -0.05) is 18.3 Å². The van der Waals surface area contributed by atoms with E-state index in [2.05, 4.69) is 35.9 Å². The van der Waals surface area contributed by atoms with Crippen LogP contribution >= 0.6 is 22.9 Å². The Labute approximate surface area is 99.5 Å². The molecule has 1 fully saturated rings. The fourth-order valence-electron chi connectivity index (χ4n) is 2.41. The van der Waals surface area contributed by atoms with E-state index in [1.54, 1.807) is 0 Å². The summed E-state index contributed by atoms with van der Waals surface area (Å²) in [4.78, 5) is 2.47. The lowest BCUT2D eigenvalue weighted by Crippen LogP contribution is -2.37. The molecule has 0 N–H and O–H groups in total. The Balaban J connectivity index is 2.06. The van der Waals surface area contributed by atoms with Crippen LogP contribution in [0.25, 0.3) is 0 Å². The molecular weight excluding hydrogens is 230 g/mol. The Morgan fingerprint density at radius 1 is 1.53 bits per heavy atom. The Morgan fingerprint density at radius 2 is 2.27 bits per heavy atom. The Morgan fingerprint density at radius 3 is 2.73 bits per heavy atom. The molecule has 1 unspecified atom stereocenters. The van der Waals surface area contributed by atoms with Crippen molar-refractivity contribution in [2.75, 3.05) is 6.54 Å². The van der Waals surface area contributed by atoms with E-state index in [9.17, 15) is 0 Å². The van der Waals surface area contributed by atoms with Crippen LogP contribution in [0, 0.1) is 5.92 Å². The topological polar surface area (TPSA) is 29.0 Å². The summed E-state index contributed by atoms with van der Waals surface area (Å²) in [6, 6.07) is 0. The Bertz CT molecular complexity index is 350. The minimum atomic E-state index is 0.275. The van der Waals surface area contributed by atoms with Crippen molar-refractivity contribution >= 4 is 22.9 Å². The molecular formula is C10H16ClN3S. The van der Waals surface area contributed by atoms with E-state index in [0.29, 0.717) is 4.47 Å². The van der Waals surface area contributed by atoms with E-state index in [1.807, 2.05) is 0 Å². The van der Waals surface area contributed by atoms with Gasteiger partial charge < -0.3 is 0 Å². The molecule has 0 radical (unpaired) electrons. The SMILES string of the molecule is CC1CN(Cc2nnc(Cl)s2)C(C)(C)C1. The van der Waals surface area contributed by atoms with Crippen LogP contribution in [0.3, 0.4) is 0 Å². The maximum absolute atomic E-state index is 5.77. The van der Waals surface area contributed by atoms with Crippen LogP contribution in [0.15, 0.2) is 0 Å². The standard InChI is InChI=1S/C10H16ClN3S/c1-7-4-10(2,3)14(5-7)6-8-12-13-9(11)15-8/h7H,4-6H2,1-3H3. The molecule has 1 atom stereocenters. The summed E-state index contributed by atoms with van der Waals surface area (Å²) in [6.07, 6.45) is 1.25. The minimum Gasteiger partial charge on any atom is -0.291 e. The molecule has 15 heavy (non-hydrogen) atoms. The summed E-state index contributed by atoms with van der Waals surface area (Å²) in [5, 5.41) is 8.91. The summed E-state index contributed by atoms with van der Waals surface area (Å²) < 4.78 is 0.537. The third kappa shape index (κ3) is 2.49. The molecule has 0 spiro atoms. The van der Waals surface area contributed by atoms with Gasteiger partial charge in [0.05, 0.1) is 6.54 Å². The van der Waals surface area contributed by atoms with E-state index in [1.165, 1.54) is 17.8 Å². The number of nitrogens with zero attached hydrogens (tertiary/aromatic N) is 3. The molecule has 0 saturated carbocycles. The van der Waals surface area contributed by atoms with Gasteiger partial charge in [0.2, 0.25) is 4.47 Å². The lowest BCUT2D eigenvalue weighted by atomic mass is 9.98. The first-order valence-electron chi connectivity index (χ1n) is 5.20. The molecule has 1 aliphatic rings. The maximum atomic E-state index is 5.77. The van der Waals surface area contributed by atoms with Crippen molar-refractivity contribution in [1.29, 1.82) is 0 Å². The smallest absolute Gasteiger partial charge is 0.207 e. The molecule has 2 rings (SSSR count). The van der Waals surface area contributed by atoms with Crippen molar-refractivity contribution in [1.82, 2.24) is 15.1 Å². The first-order valence-corrected chi connectivity index (χ1v) is 6.40. The summed E-state index contributed by atoms with van der Waals surface area (Å²) in [6.45, 7) is 8.90. The first-order chi connectivity index (χ1) is 6.97. The monoisotopic (exact) mass is 245 g/mol. The Hall–Kier alpha value is -0.190. The number of likely N-dealkylation sites (tertiary alicyclic amines) is 1. The predicted molar refractivity (Wildman–Crippen MR) is 63.2 cm³/mol. The maximum Gasteiger partial charge on any atom is 0.207 e. The highest BCUT2D eigenvalue weighted by Gasteiger charge is 2.36. The van der Waals surface area contributed by atoms with Gasteiger partial charge in [-0.2, -0.15) is 0 Å². The van der Waals surface area contributed by atoms with Gasteiger partial charge in [0.25, 0.3) is 0 Å². The highest BCUT2D eigenvalue weighted by Crippen LogP contribution is 2.34. The van der Waals surface area contributed by atoms with Crippen LogP contribution < -0.4 is 0 Å². The van der Waals surface area contributed by atoms with Crippen molar-refractivity contribution < 1.29 is 0 Å². The van der Waals surface area contributed by atoms with Crippen molar-refractivity contribution in [3.05, 3.63) is 9.47 Å². The van der Waals surface area contributed by atoms with Crippen LogP contribution in [-0.4, -0.2) is 27.2 Å². The molecule has 0 aromatic carbocycles. The average Bonchev–Trinajstić information content (AvgIpc) is 2.58. The summed E-state index contributed by atoms with van der Waals surface area (Å²) in [7, 11) is 0. The molecule has 1 aromatic rings. The lowest BCUT2D eigenvalue weighted by Gasteiger charge is -2.30. The summed E-state index contributed by atoms with van der Waals surface area (Å²) in [5.41, 5.74) is 0.275. The van der Waals surface area contributed by atoms with Gasteiger partial charge in [-0.15, -0.1) is 10.2 Å². The fourth-order valence-corrected chi connectivity index (χ4v) is 3.29. The van der Waals surface area contributed by atoms with Crippen LogP contribution in [-0.2, 0) is 6.54 Å². The van der Waals surface area contributed by atoms with E-state index >= 15 is 0 Å². The van der Waals surface area contributed by atoms with Gasteiger partial charge in [-0.25, -0.2) is 0 Å². The van der Waals surface area contributed by atoms with Crippen molar-refractivity contribution in [3.63, 3.8) is 0 Å². The summed E-state index contributed by atoms with van der Waals surface area (Å²) in [5.74, 6) is 0.767. The molecule has 1 aromatic heterocycles. The Kier molecular flexibility index (Phi) is 3.01. The molecule has 84 valence electrons. The molecule has 0 aliphatic carbocycles. The second kappa shape index (κ2) is 4.00. The minimum absolute atomic E-state index is 0.275. The van der Waals surface area contributed by atoms with Crippen molar-refractivity contribution in [3.8, 4) is 0 Å². The molecule has 0 amide bonds. The normalized spacial score (nSPS) is 26.0. The second-order valence-corrected chi connectivity index (χ2v) is 6.60. The van der Waals surface area contributed by atoms with Gasteiger partial charge in [0.15, 0.2) is 0 Å². The molecule has 1 aliphatic heterocycles. The molecule has 5 heteroatoms. The quantitative estimate of drug-likeness (QED) is 0.803. The highest BCUT2D eigenvalue weighted by atomic mass is 35.5. The fraction of sp³-hybridized carbons (Fsp3) is 0.800. The molecule has 2 heterocycles. The first kappa shape index (κ1) is 11.3. The van der Waals surface area contributed by atoms with E-state index in [0.717, 1.165) is 24.0 Å². The van der Waals surface area contributed by atoms with Crippen LogP contribution in [0.4, 0.5) is 0 Å². The van der Waals surface area contributed by atoms with E-state index < -0.39 is 0 Å². The third-order valence-electron chi connectivity index (χ3n) is 3.00. The van der Waals surface area contributed by atoms with Gasteiger partial charge in [-0.05, 0) is 37.8 Å². The van der Waals surface area contributed by atoms with Crippen LogP contribution in [0.5, 0.6) is 0 Å². The number of rotatable bonds is 2. The van der Waals surface area contributed by atoms with Gasteiger partial charge >= 0.3 is 0 Å². The van der Waals surface area contributed by atoms with Crippen LogP contribution in [0.1, 0.15) is 32.2 Å². The van der Waals surface area contributed by atoms with Crippen LogP contribution in [0.2, 0.25) is 4.47 Å². The number of hydrogen-bond acceptors (Lipinski definition) is 4. The average molecular weight is 246 g/mol. The van der Waals surface area contributed by atoms with Gasteiger partial charge in [-0.3, -0.25) is 4.90 Å². The number of halogens is 1. The van der Waals surface area contributed by atoms with Gasteiger partial charge in [0, 0.05) is 12.1 Å². The zero-order valence-corrected chi connectivity index (χ0v) is 10.9. The third-order valence-corrected chi connectivity index (χ3v) is 4.01. The molecule has 1 saturated heterocycles. The van der Waals surface area contributed by atoms with E-state index in [-0.39, 0.29) is 5.54 Å². The van der Waals surface area contributed by atoms with Crippen molar-refractivity contribution in [2.45, 2.75) is 39.3 Å². The number of hydrogen-bond donors (Lipinski definition) is 0. The van der Waals surface area contributed by atoms with E-state index in [4.69, 9.17) is 11.6 Å².